The fraction of sp³-hybridized carbons (Fsp3) is 0.0857. The maximum absolute atomic E-state index is 14.7. The quantitative estimate of drug-likeness (QED) is 0.134. The third-order valence-corrected chi connectivity index (χ3v) is 9.52. The molecule has 0 aliphatic heterocycles. The number of rotatable bonds is 2. The van der Waals surface area contributed by atoms with Gasteiger partial charge in [-0.1, -0.05) is 30.3 Å². The number of nitrogens with zero attached hydrogens (tertiary/aromatic N) is 4. The van der Waals surface area contributed by atoms with E-state index in [9.17, 15) is 50.0 Å². The number of halogens is 9. The summed E-state index contributed by atoms with van der Waals surface area (Å²) in [6.07, 6.45) is -6.65. The summed E-state index contributed by atoms with van der Waals surface area (Å²) in [5.74, 6) is -5.02. The molecule has 1 aromatic heterocycles. The molecule has 0 amide bonds. The molecule has 1 heterocycles. The summed E-state index contributed by atoms with van der Waals surface area (Å²) < 4.78 is 124. The van der Waals surface area contributed by atoms with E-state index in [4.69, 9.17) is 0 Å². The van der Waals surface area contributed by atoms with Gasteiger partial charge in [-0.3, -0.25) is 0 Å². The summed E-state index contributed by atoms with van der Waals surface area (Å²) in [7, 11) is 0. The van der Waals surface area contributed by atoms with Gasteiger partial charge in [0, 0.05) is 21.5 Å². The van der Waals surface area contributed by atoms with E-state index >= 15 is 0 Å². The Labute approximate surface area is 272 Å². The zero-order chi connectivity index (χ0) is 35.2. The van der Waals surface area contributed by atoms with Gasteiger partial charge in [0.2, 0.25) is 12.4 Å². The Bertz CT molecular complexity index is 2530. The molecule has 7 aromatic rings. The molecular formula is C35H13F9N4S. The van der Waals surface area contributed by atoms with Crippen LogP contribution in [0, 0.1) is 47.3 Å². The second-order valence-corrected chi connectivity index (χ2v) is 12.1. The molecule has 0 saturated heterocycles. The minimum Gasteiger partial charge on any atom is -0.206 e. The van der Waals surface area contributed by atoms with E-state index in [1.54, 1.807) is 36.7 Å². The van der Waals surface area contributed by atoms with Crippen LogP contribution in [0.2, 0.25) is 0 Å². The summed E-state index contributed by atoms with van der Waals surface area (Å²) in [4.78, 5) is 7.98. The topological polar surface area (TPSA) is 72.3 Å². The molecule has 0 N–H and O–H groups in total. The Kier molecular flexibility index (Phi) is 7.08. The molecule has 49 heavy (non-hydrogen) atoms. The molecule has 6 aromatic carbocycles. The fourth-order valence-electron chi connectivity index (χ4n) is 6.40. The molecule has 0 atom stereocenters. The molecule has 0 aliphatic rings. The van der Waals surface area contributed by atoms with Crippen molar-refractivity contribution >= 4 is 53.1 Å². The Balaban J connectivity index is 1.48. The molecule has 4 nitrogen and oxygen atoms in total. The van der Waals surface area contributed by atoms with Crippen molar-refractivity contribution in [3.63, 3.8) is 0 Å². The normalized spacial score (nSPS) is 13.3. The summed E-state index contributed by atoms with van der Waals surface area (Å²) in [6, 6.07) is 12.4. The van der Waals surface area contributed by atoms with E-state index in [0.29, 0.717) is 59.4 Å². The van der Waals surface area contributed by atoms with E-state index in [0.717, 1.165) is 24.3 Å². The summed E-state index contributed by atoms with van der Waals surface area (Å²) in [6.45, 7) is 1.15. The van der Waals surface area contributed by atoms with E-state index in [-0.39, 0.29) is 33.0 Å². The van der Waals surface area contributed by atoms with Crippen LogP contribution in [0.5, 0.6) is 0 Å². The predicted octanol–water partition coefficient (Wildman–Crippen LogP) is 10.1. The van der Waals surface area contributed by atoms with Crippen LogP contribution in [0.4, 0.5) is 39.5 Å². The lowest BCUT2D eigenvalue weighted by Gasteiger charge is -2.13. The van der Waals surface area contributed by atoms with Crippen molar-refractivity contribution in [2.24, 2.45) is 9.98 Å². The van der Waals surface area contributed by atoms with Crippen molar-refractivity contribution in [2.45, 2.75) is 19.3 Å². The van der Waals surface area contributed by atoms with Crippen LogP contribution in [-0.2, 0) is 12.4 Å². The molecule has 0 aliphatic carbocycles. The van der Waals surface area contributed by atoms with Gasteiger partial charge in [-0.25, -0.2) is 13.2 Å². The molecular weight excluding hydrogens is 679 g/mol. The van der Waals surface area contributed by atoms with Gasteiger partial charge in [-0.05, 0) is 75.8 Å². The average molecular weight is 693 g/mol. The van der Waals surface area contributed by atoms with Gasteiger partial charge in [0.25, 0.3) is 0 Å². The van der Waals surface area contributed by atoms with Gasteiger partial charge in [-0.2, -0.15) is 46.9 Å². The van der Waals surface area contributed by atoms with Crippen molar-refractivity contribution < 1.29 is 39.5 Å². The Morgan fingerprint density at radius 3 is 1.35 bits per heavy atom. The highest BCUT2D eigenvalue weighted by Gasteiger charge is 2.38. The Hall–Kier alpha value is -5.73. The van der Waals surface area contributed by atoms with E-state index in [1.165, 1.54) is 18.2 Å². The van der Waals surface area contributed by atoms with Crippen molar-refractivity contribution in [2.75, 3.05) is 0 Å². The molecule has 7 rings (SSSR count). The molecule has 0 radical (unpaired) electrons. The average Bonchev–Trinajstić information content (AvgIpc) is 3.62. The molecule has 14 heteroatoms. The molecule has 0 bridgehead atoms. The smallest absolute Gasteiger partial charge is 0.206 e. The summed E-state index contributed by atoms with van der Waals surface area (Å²) >= 11 is 1.15. The largest absolute Gasteiger partial charge is 0.422 e. The van der Waals surface area contributed by atoms with Crippen molar-refractivity contribution in [1.82, 2.24) is 0 Å². The van der Waals surface area contributed by atoms with Crippen LogP contribution in [-0.4, -0.2) is 0 Å². The number of hydrogen-bond donors (Lipinski definition) is 0. The SMILES string of the molecule is Cc1cc(-c2ccc3c(c2)/c(=N/C#N)c2sc4/c(=N/C#N)c5cc(-c6cc(F)c(C(F)(F)F)c(F)c6)ccc5c4c23)cc(F)c1C(F)(F)F. The van der Waals surface area contributed by atoms with Gasteiger partial charge in [-0.15, -0.1) is 11.3 Å². The zero-order valence-corrected chi connectivity index (χ0v) is 25.2. The molecule has 242 valence electrons. The monoisotopic (exact) mass is 692 g/mol. The second kappa shape index (κ2) is 10.9. The first-order valence-electron chi connectivity index (χ1n) is 14.0. The van der Waals surface area contributed by atoms with Crippen LogP contribution in [0.25, 0.3) is 64.0 Å². The number of hydrogen-bond acceptors (Lipinski definition) is 5. The number of nitriles is 2. The molecule has 0 unspecified atom stereocenters. The highest BCUT2D eigenvalue weighted by atomic mass is 32.1. The highest BCUT2D eigenvalue weighted by Crippen LogP contribution is 2.44. The zero-order valence-electron chi connectivity index (χ0n) is 24.4. The van der Waals surface area contributed by atoms with Gasteiger partial charge >= 0.3 is 12.4 Å². The minimum atomic E-state index is -5.25. The molecule has 0 spiro atoms. The van der Waals surface area contributed by atoms with Crippen LogP contribution < -0.4 is 10.7 Å². The van der Waals surface area contributed by atoms with Crippen molar-refractivity contribution in [1.29, 1.82) is 10.5 Å². The van der Waals surface area contributed by atoms with E-state index < -0.39 is 40.9 Å². The highest BCUT2D eigenvalue weighted by molar-refractivity contribution is 7.26. The predicted molar refractivity (Wildman–Crippen MR) is 165 cm³/mol. The van der Waals surface area contributed by atoms with Gasteiger partial charge in [0.1, 0.15) is 33.7 Å². The fourth-order valence-corrected chi connectivity index (χ4v) is 7.74. The maximum Gasteiger partial charge on any atom is 0.422 e. The van der Waals surface area contributed by atoms with Gasteiger partial charge in [0.15, 0.2) is 0 Å². The first kappa shape index (κ1) is 31.8. The lowest BCUT2D eigenvalue weighted by Crippen LogP contribution is -2.11. The summed E-state index contributed by atoms with van der Waals surface area (Å²) in [5, 5.41) is 22.6. The van der Waals surface area contributed by atoms with Gasteiger partial charge in [0.05, 0.1) is 15.0 Å². The number of thiophene rings is 1. The third kappa shape index (κ3) is 4.90. The first-order valence-corrected chi connectivity index (χ1v) is 14.8. The Morgan fingerprint density at radius 1 is 0.551 bits per heavy atom. The summed E-state index contributed by atoms with van der Waals surface area (Å²) in [5.41, 5.74) is -3.20. The van der Waals surface area contributed by atoms with Gasteiger partial charge < -0.3 is 0 Å². The number of aryl methyl sites for hydroxylation is 1. The number of fused-ring (bicyclic) bond motifs is 7. The molecule has 0 saturated carbocycles. The maximum atomic E-state index is 14.7. The van der Waals surface area contributed by atoms with Crippen LogP contribution >= 0.6 is 11.3 Å². The van der Waals surface area contributed by atoms with Crippen LogP contribution in [0.15, 0.2) is 70.6 Å². The van der Waals surface area contributed by atoms with Crippen LogP contribution in [0.1, 0.15) is 16.7 Å². The standard InChI is InChI=1S/C35H13F9N4S/c1-14-6-17(9-23(36)28(14)34(39,40)41)15-2-4-19-21(7-15)30(47-12-45)32-26(19)27-20-5-3-16(8-22(20)31(48-13-46)33(27)49-32)18-10-24(37)29(25(38)11-18)35(42,43)44/h2-11H,1H3/b47-30-,48-31+. The van der Waals surface area contributed by atoms with Crippen molar-refractivity contribution in [3.05, 3.63) is 106 Å². The molecule has 0 fully saturated rings. The van der Waals surface area contributed by atoms with Crippen molar-refractivity contribution in [3.8, 4) is 34.6 Å². The minimum absolute atomic E-state index is 0.151. The Morgan fingerprint density at radius 2 is 0.959 bits per heavy atom. The first-order chi connectivity index (χ1) is 23.1. The third-order valence-electron chi connectivity index (χ3n) is 8.31. The second-order valence-electron chi connectivity index (χ2n) is 11.1. The number of benzene rings is 4. The van der Waals surface area contributed by atoms with E-state index in [1.807, 2.05) is 0 Å². The van der Waals surface area contributed by atoms with E-state index in [2.05, 4.69) is 9.98 Å². The van der Waals surface area contributed by atoms with Crippen LogP contribution in [0.3, 0.4) is 0 Å². The lowest BCUT2D eigenvalue weighted by molar-refractivity contribution is -0.142. The lowest BCUT2D eigenvalue weighted by atomic mass is 9.97. The number of alkyl halides is 6.